The lowest BCUT2D eigenvalue weighted by Gasteiger charge is -2.12. The molecule has 0 aliphatic heterocycles. The fourth-order valence-corrected chi connectivity index (χ4v) is 2.17. The summed E-state index contributed by atoms with van der Waals surface area (Å²) in [5, 5.41) is 6.60. The standard InChI is InChI=1S/C18H24N4O.HI/c1-3-23-17-9-6-7-15(13-17)14-22-18(19-2)21-12-10-16-8-4-5-11-20-16;/h4-9,11,13H,3,10,12,14H2,1-2H3,(H2,19,21,22);1H. The molecule has 0 amide bonds. The third kappa shape index (κ3) is 7.16. The minimum absolute atomic E-state index is 0. The van der Waals surface area contributed by atoms with Gasteiger partial charge in [0.2, 0.25) is 0 Å². The van der Waals surface area contributed by atoms with E-state index >= 15 is 0 Å². The van der Waals surface area contributed by atoms with E-state index in [9.17, 15) is 0 Å². The predicted molar refractivity (Wildman–Crippen MR) is 109 cm³/mol. The maximum absolute atomic E-state index is 5.51. The van der Waals surface area contributed by atoms with Crippen LogP contribution in [0.25, 0.3) is 0 Å². The van der Waals surface area contributed by atoms with Crippen molar-refractivity contribution in [2.75, 3.05) is 20.2 Å². The summed E-state index contributed by atoms with van der Waals surface area (Å²) in [6, 6.07) is 14.0. The van der Waals surface area contributed by atoms with Crippen LogP contribution in [0.3, 0.4) is 0 Å². The smallest absolute Gasteiger partial charge is 0.191 e. The molecule has 6 heteroatoms. The van der Waals surface area contributed by atoms with Crippen molar-refractivity contribution in [3.63, 3.8) is 0 Å². The van der Waals surface area contributed by atoms with Crippen LogP contribution in [0.2, 0.25) is 0 Å². The molecular formula is C18H25IN4O. The number of aliphatic imine (C=N–C) groups is 1. The summed E-state index contributed by atoms with van der Waals surface area (Å²) in [7, 11) is 1.77. The third-order valence-corrected chi connectivity index (χ3v) is 3.29. The Balaban J connectivity index is 0.00000288. The number of ether oxygens (including phenoxy) is 1. The topological polar surface area (TPSA) is 58.5 Å². The number of hydrogen-bond donors (Lipinski definition) is 2. The van der Waals surface area contributed by atoms with Crippen LogP contribution in [0.4, 0.5) is 0 Å². The lowest BCUT2D eigenvalue weighted by Crippen LogP contribution is -2.37. The summed E-state index contributed by atoms with van der Waals surface area (Å²) in [6.45, 7) is 4.14. The van der Waals surface area contributed by atoms with Gasteiger partial charge in [0.25, 0.3) is 0 Å². The first-order valence-corrected chi connectivity index (χ1v) is 7.88. The van der Waals surface area contributed by atoms with E-state index in [2.05, 4.69) is 26.7 Å². The van der Waals surface area contributed by atoms with Crippen molar-refractivity contribution in [3.05, 3.63) is 59.9 Å². The van der Waals surface area contributed by atoms with E-state index in [1.54, 1.807) is 7.05 Å². The SMILES string of the molecule is CCOc1cccc(CNC(=NC)NCCc2ccccn2)c1.I. The quantitative estimate of drug-likeness (QED) is 0.395. The van der Waals surface area contributed by atoms with E-state index < -0.39 is 0 Å². The van der Waals surface area contributed by atoms with E-state index in [-0.39, 0.29) is 24.0 Å². The Bertz CT molecular complexity index is 619. The molecule has 0 unspecified atom stereocenters. The van der Waals surface area contributed by atoms with Crippen LogP contribution >= 0.6 is 24.0 Å². The molecule has 1 aromatic heterocycles. The average Bonchev–Trinajstić information content (AvgIpc) is 2.59. The van der Waals surface area contributed by atoms with Crippen LogP contribution in [-0.4, -0.2) is 31.1 Å². The zero-order valence-corrected chi connectivity index (χ0v) is 16.5. The maximum atomic E-state index is 5.51. The van der Waals surface area contributed by atoms with Crippen LogP contribution in [0.5, 0.6) is 5.75 Å². The predicted octanol–water partition coefficient (Wildman–Crippen LogP) is 3.01. The van der Waals surface area contributed by atoms with Gasteiger partial charge in [0, 0.05) is 38.4 Å². The Kier molecular flexibility index (Phi) is 9.83. The summed E-state index contributed by atoms with van der Waals surface area (Å²) < 4.78 is 5.51. The van der Waals surface area contributed by atoms with E-state index in [0.29, 0.717) is 13.2 Å². The summed E-state index contributed by atoms with van der Waals surface area (Å²) in [6.07, 6.45) is 2.68. The first-order chi connectivity index (χ1) is 11.3. The lowest BCUT2D eigenvalue weighted by molar-refractivity contribution is 0.340. The molecule has 1 aromatic carbocycles. The van der Waals surface area contributed by atoms with Gasteiger partial charge in [0.05, 0.1) is 6.61 Å². The van der Waals surface area contributed by atoms with Crippen molar-refractivity contribution in [1.82, 2.24) is 15.6 Å². The van der Waals surface area contributed by atoms with E-state index in [1.165, 1.54) is 0 Å². The molecule has 1 heterocycles. The number of rotatable bonds is 7. The molecule has 2 rings (SSSR count). The van der Waals surface area contributed by atoms with E-state index in [4.69, 9.17) is 4.74 Å². The van der Waals surface area contributed by atoms with Crippen molar-refractivity contribution in [3.8, 4) is 5.75 Å². The van der Waals surface area contributed by atoms with Crippen molar-refractivity contribution >= 4 is 29.9 Å². The Labute approximate surface area is 161 Å². The van der Waals surface area contributed by atoms with Gasteiger partial charge in [0.1, 0.15) is 5.75 Å². The molecule has 0 aliphatic rings. The van der Waals surface area contributed by atoms with Gasteiger partial charge in [-0.25, -0.2) is 0 Å². The van der Waals surface area contributed by atoms with Crippen molar-refractivity contribution < 1.29 is 4.74 Å². The molecule has 0 spiro atoms. The van der Waals surface area contributed by atoms with Gasteiger partial charge in [0.15, 0.2) is 5.96 Å². The number of nitrogens with one attached hydrogen (secondary N) is 2. The van der Waals surface area contributed by atoms with Gasteiger partial charge in [-0.3, -0.25) is 9.98 Å². The summed E-state index contributed by atoms with van der Waals surface area (Å²) in [4.78, 5) is 8.54. The molecule has 2 aromatic rings. The van der Waals surface area contributed by atoms with Gasteiger partial charge in [-0.2, -0.15) is 0 Å². The molecule has 130 valence electrons. The monoisotopic (exact) mass is 440 g/mol. The molecule has 0 radical (unpaired) electrons. The van der Waals surface area contributed by atoms with Crippen LogP contribution < -0.4 is 15.4 Å². The lowest BCUT2D eigenvalue weighted by atomic mass is 10.2. The van der Waals surface area contributed by atoms with Gasteiger partial charge in [-0.15, -0.1) is 24.0 Å². The molecule has 0 saturated heterocycles. The molecule has 0 atom stereocenters. The number of nitrogens with zero attached hydrogens (tertiary/aromatic N) is 2. The Hall–Kier alpha value is -1.83. The highest BCUT2D eigenvalue weighted by atomic mass is 127. The van der Waals surface area contributed by atoms with Crippen LogP contribution in [0, 0.1) is 0 Å². The second kappa shape index (κ2) is 11.7. The zero-order valence-electron chi connectivity index (χ0n) is 14.2. The Morgan fingerprint density at radius 1 is 1.17 bits per heavy atom. The summed E-state index contributed by atoms with van der Waals surface area (Å²) >= 11 is 0. The highest BCUT2D eigenvalue weighted by molar-refractivity contribution is 14.0. The normalized spacial score (nSPS) is 10.7. The van der Waals surface area contributed by atoms with Crippen molar-refractivity contribution in [2.45, 2.75) is 19.9 Å². The fraction of sp³-hybridized carbons (Fsp3) is 0.333. The minimum Gasteiger partial charge on any atom is -0.494 e. The number of halogens is 1. The van der Waals surface area contributed by atoms with Gasteiger partial charge < -0.3 is 15.4 Å². The van der Waals surface area contributed by atoms with Gasteiger partial charge in [-0.05, 0) is 36.8 Å². The third-order valence-electron chi connectivity index (χ3n) is 3.29. The minimum atomic E-state index is 0. The highest BCUT2D eigenvalue weighted by Gasteiger charge is 2.00. The van der Waals surface area contributed by atoms with Crippen molar-refractivity contribution in [2.24, 2.45) is 4.99 Å². The van der Waals surface area contributed by atoms with Gasteiger partial charge in [-0.1, -0.05) is 18.2 Å². The number of benzene rings is 1. The number of aromatic nitrogens is 1. The first kappa shape index (κ1) is 20.2. The molecule has 0 fully saturated rings. The molecular weight excluding hydrogens is 415 g/mol. The zero-order chi connectivity index (χ0) is 16.3. The highest BCUT2D eigenvalue weighted by Crippen LogP contribution is 2.12. The molecule has 5 nitrogen and oxygen atoms in total. The second-order valence-corrected chi connectivity index (χ2v) is 5.00. The van der Waals surface area contributed by atoms with Crippen LogP contribution in [0.1, 0.15) is 18.2 Å². The van der Waals surface area contributed by atoms with Crippen molar-refractivity contribution in [1.29, 1.82) is 0 Å². The largest absolute Gasteiger partial charge is 0.494 e. The molecule has 24 heavy (non-hydrogen) atoms. The summed E-state index contributed by atoms with van der Waals surface area (Å²) in [5.74, 6) is 1.67. The Morgan fingerprint density at radius 2 is 2.04 bits per heavy atom. The molecule has 2 N–H and O–H groups in total. The maximum Gasteiger partial charge on any atom is 0.191 e. The second-order valence-electron chi connectivity index (χ2n) is 5.00. The first-order valence-electron chi connectivity index (χ1n) is 7.88. The average molecular weight is 440 g/mol. The Morgan fingerprint density at radius 3 is 2.75 bits per heavy atom. The van der Waals surface area contributed by atoms with E-state index in [1.807, 2.05) is 49.5 Å². The van der Waals surface area contributed by atoms with Crippen LogP contribution in [-0.2, 0) is 13.0 Å². The molecule has 0 aliphatic carbocycles. The number of guanidine groups is 1. The molecule has 0 bridgehead atoms. The summed E-state index contributed by atoms with van der Waals surface area (Å²) in [5.41, 5.74) is 2.23. The van der Waals surface area contributed by atoms with Crippen LogP contribution in [0.15, 0.2) is 53.7 Å². The molecule has 0 saturated carbocycles. The number of hydrogen-bond acceptors (Lipinski definition) is 3. The fourth-order valence-electron chi connectivity index (χ4n) is 2.17. The number of pyridine rings is 1. The van der Waals surface area contributed by atoms with Gasteiger partial charge >= 0.3 is 0 Å². The van der Waals surface area contributed by atoms with E-state index in [0.717, 1.165) is 35.9 Å².